The molecule has 0 atom stereocenters. The SMILES string of the molecule is NCC1CN(CCS)C1. The van der Waals surface area contributed by atoms with Crippen LogP contribution in [-0.2, 0) is 0 Å². The van der Waals surface area contributed by atoms with Crippen molar-refractivity contribution >= 4 is 12.6 Å². The Balaban J connectivity index is 1.98. The van der Waals surface area contributed by atoms with Crippen molar-refractivity contribution in [3.63, 3.8) is 0 Å². The van der Waals surface area contributed by atoms with Crippen molar-refractivity contribution in [2.45, 2.75) is 0 Å². The molecule has 1 aliphatic heterocycles. The summed E-state index contributed by atoms with van der Waals surface area (Å²) >= 11 is 4.13. The number of hydrogen-bond donors (Lipinski definition) is 2. The zero-order valence-corrected chi connectivity index (χ0v) is 6.48. The molecule has 0 aromatic heterocycles. The van der Waals surface area contributed by atoms with Crippen LogP contribution in [0.5, 0.6) is 0 Å². The van der Waals surface area contributed by atoms with Gasteiger partial charge in [-0.15, -0.1) is 0 Å². The largest absolute Gasteiger partial charge is 0.330 e. The molecule has 0 aromatic carbocycles. The third-order valence-electron chi connectivity index (χ3n) is 1.78. The maximum Gasteiger partial charge on any atom is 0.00701 e. The van der Waals surface area contributed by atoms with Crippen molar-refractivity contribution in [1.82, 2.24) is 4.90 Å². The molecule has 3 heteroatoms. The molecule has 0 spiro atoms. The van der Waals surface area contributed by atoms with E-state index in [0.717, 1.165) is 24.8 Å². The van der Waals surface area contributed by atoms with Gasteiger partial charge in [0, 0.05) is 25.4 Å². The second kappa shape index (κ2) is 3.44. The maximum absolute atomic E-state index is 5.45. The van der Waals surface area contributed by atoms with Gasteiger partial charge < -0.3 is 10.6 Å². The molecule has 0 saturated carbocycles. The molecule has 1 fully saturated rings. The fourth-order valence-electron chi connectivity index (χ4n) is 1.15. The van der Waals surface area contributed by atoms with Crippen LogP contribution in [0.3, 0.4) is 0 Å². The van der Waals surface area contributed by atoms with E-state index in [1.54, 1.807) is 0 Å². The molecule has 0 radical (unpaired) electrons. The molecule has 2 N–H and O–H groups in total. The van der Waals surface area contributed by atoms with E-state index >= 15 is 0 Å². The van der Waals surface area contributed by atoms with Gasteiger partial charge in [0.15, 0.2) is 0 Å². The van der Waals surface area contributed by atoms with Crippen LogP contribution in [0, 0.1) is 5.92 Å². The third kappa shape index (κ3) is 1.85. The van der Waals surface area contributed by atoms with Crippen LogP contribution in [0.25, 0.3) is 0 Å². The summed E-state index contributed by atoms with van der Waals surface area (Å²) in [5.41, 5.74) is 5.45. The Labute approximate surface area is 61.8 Å². The molecule has 1 saturated heterocycles. The molecule has 0 bridgehead atoms. The summed E-state index contributed by atoms with van der Waals surface area (Å²) in [4.78, 5) is 2.38. The number of rotatable bonds is 3. The smallest absolute Gasteiger partial charge is 0.00701 e. The number of thiol groups is 1. The number of nitrogens with zero attached hydrogens (tertiary/aromatic N) is 1. The summed E-state index contributed by atoms with van der Waals surface area (Å²) in [6.45, 7) is 4.36. The Morgan fingerprint density at radius 1 is 1.56 bits per heavy atom. The summed E-state index contributed by atoms with van der Waals surface area (Å²) in [5.74, 6) is 1.74. The van der Waals surface area contributed by atoms with Crippen molar-refractivity contribution in [3.8, 4) is 0 Å². The predicted molar refractivity (Wildman–Crippen MR) is 42.8 cm³/mol. The Bertz CT molecular complexity index is 81.1. The number of likely N-dealkylation sites (tertiary alicyclic amines) is 1. The lowest BCUT2D eigenvalue weighted by Crippen LogP contribution is -2.50. The molecule has 1 heterocycles. The van der Waals surface area contributed by atoms with E-state index in [1.165, 1.54) is 13.1 Å². The van der Waals surface area contributed by atoms with Gasteiger partial charge in [-0.1, -0.05) is 0 Å². The van der Waals surface area contributed by atoms with Gasteiger partial charge in [0.25, 0.3) is 0 Å². The van der Waals surface area contributed by atoms with Crippen molar-refractivity contribution in [1.29, 1.82) is 0 Å². The highest BCUT2D eigenvalue weighted by molar-refractivity contribution is 7.80. The standard InChI is InChI=1S/C6H14N2S/c7-3-6-4-8(5-6)1-2-9/h6,9H,1-5,7H2. The predicted octanol–water partition coefficient (Wildman–Crippen LogP) is -0.193. The Morgan fingerprint density at radius 3 is 2.67 bits per heavy atom. The molecule has 54 valence electrons. The maximum atomic E-state index is 5.45. The summed E-state index contributed by atoms with van der Waals surface area (Å²) < 4.78 is 0. The molecule has 1 aliphatic rings. The zero-order chi connectivity index (χ0) is 6.69. The van der Waals surface area contributed by atoms with E-state index in [4.69, 9.17) is 5.73 Å². The summed E-state index contributed by atoms with van der Waals surface area (Å²) in [6, 6.07) is 0. The molecular weight excluding hydrogens is 132 g/mol. The van der Waals surface area contributed by atoms with E-state index in [1.807, 2.05) is 0 Å². The van der Waals surface area contributed by atoms with E-state index in [9.17, 15) is 0 Å². The highest BCUT2D eigenvalue weighted by atomic mass is 32.1. The van der Waals surface area contributed by atoms with Crippen molar-refractivity contribution < 1.29 is 0 Å². The van der Waals surface area contributed by atoms with E-state index in [2.05, 4.69) is 17.5 Å². The first-order valence-electron chi connectivity index (χ1n) is 3.40. The topological polar surface area (TPSA) is 29.3 Å². The molecule has 0 unspecified atom stereocenters. The molecule has 0 aromatic rings. The lowest BCUT2D eigenvalue weighted by atomic mass is 10.0. The lowest BCUT2D eigenvalue weighted by molar-refractivity contribution is 0.115. The van der Waals surface area contributed by atoms with Crippen LogP contribution < -0.4 is 5.73 Å². The average molecular weight is 146 g/mol. The highest BCUT2D eigenvalue weighted by Gasteiger charge is 2.23. The molecular formula is C6H14N2S. The Kier molecular flexibility index (Phi) is 2.82. The van der Waals surface area contributed by atoms with E-state index < -0.39 is 0 Å². The minimum absolute atomic E-state index is 0.768. The first-order valence-corrected chi connectivity index (χ1v) is 4.03. The minimum Gasteiger partial charge on any atom is -0.330 e. The van der Waals surface area contributed by atoms with Crippen LogP contribution >= 0.6 is 12.6 Å². The van der Waals surface area contributed by atoms with Crippen molar-refractivity contribution in [2.24, 2.45) is 11.7 Å². The van der Waals surface area contributed by atoms with E-state index in [0.29, 0.717) is 0 Å². The van der Waals surface area contributed by atoms with Crippen LogP contribution in [0.15, 0.2) is 0 Å². The van der Waals surface area contributed by atoms with Crippen LogP contribution in [0.1, 0.15) is 0 Å². The van der Waals surface area contributed by atoms with Gasteiger partial charge in [-0.2, -0.15) is 12.6 Å². The summed E-state index contributed by atoms with van der Waals surface area (Å²) in [7, 11) is 0. The molecule has 1 rings (SSSR count). The fourth-order valence-corrected chi connectivity index (χ4v) is 1.43. The monoisotopic (exact) mass is 146 g/mol. The number of hydrogen-bond acceptors (Lipinski definition) is 3. The Morgan fingerprint density at radius 2 is 2.22 bits per heavy atom. The normalized spacial score (nSPS) is 22.0. The minimum atomic E-state index is 0.768. The average Bonchev–Trinajstić information content (AvgIpc) is 1.77. The van der Waals surface area contributed by atoms with Crippen LogP contribution in [0.4, 0.5) is 0 Å². The number of nitrogens with two attached hydrogens (primary N) is 1. The van der Waals surface area contributed by atoms with Gasteiger partial charge >= 0.3 is 0 Å². The molecule has 9 heavy (non-hydrogen) atoms. The van der Waals surface area contributed by atoms with Crippen LogP contribution in [0.2, 0.25) is 0 Å². The lowest BCUT2D eigenvalue weighted by Gasteiger charge is -2.38. The van der Waals surface area contributed by atoms with Crippen LogP contribution in [-0.4, -0.2) is 36.8 Å². The zero-order valence-electron chi connectivity index (χ0n) is 5.58. The highest BCUT2D eigenvalue weighted by Crippen LogP contribution is 2.12. The summed E-state index contributed by atoms with van der Waals surface area (Å²) in [5, 5.41) is 0. The first-order chi connectivity index (χ1) is 4.36. The quantitative estimate of drug-likeness (QED) is 0.540. The van der Waals surface area contributed by atoms with Crippen molar-refractivity contribution in [3.05, 3.63) is 0 Å². The van der Waals surface area contributed by atoms with Gasteiger partial charge in [0.1, 0.15) is 0 Å². The molecule has 0 aliphatic carbocycles. The van der Waals surface area contributed by atoms with Gasteiger partial charge in [-0.05, 0) is 12.5 Å². The Hall–Kier alpha value is 0.270. The molecule has 2 nitrogen and oxygen atoms in total. The fraction of sp³-hybridized carbons (Fsp3) is 1.00. The second-order valence-corrected chi connectivity index (χ2v) is 3.03. The summed E-state index contributed by atoms with van der Waals surface area (Å²) in [6.07, 6.45) is 0. The first kappa shape index (κ1) is 7.38. The van der Waals surface area contributed by atoms with E-state index in [-0.39, 0.29) is 0 Å². The van der Waals surface area contributed by atoms with Gasteiger partial charge in [-0.3, -0.25) is 0 Å². The molecule has 0 amide bonds. The second-order valence-electron chi connectivity index (χ2n) is 2.58. The van der Waals surface area contributed by atoms with Gasteiger partial charge in [0.05, 0.1) is 0 Å². The van der Waals surface area contributed by atoms with Gasteiger partial charge in [0.2, 0.25) is 0 Å². The van der Waals surface area contributed by atoms with Crippen molar-refractivity contribution in [2.75, 3.05) is 31.9 Å². The third-order valence-corrected chi connectivity index (χ3v) is 1.98. The van der Waals surface area contributed by atoms with Gasteiger partial charge in [-0.25, -0.2) is 0 Å².